The summed E-state index contributed by atoms with van der Waals surface area (Å²) in [6, 6.07) is 2.32. The summed E-state index contributed by atoms with van der Waals surface area (Å²) in [5, 5.41) is 8.27. The van der Waals surface area contributed by atoms with E-state index in [0.29, 0.717) is 0 Å². The van der Waals surface area contributed by atoms with Gasteiger partial charge in [0.1, 0.15) is 0 Å². The van der Waals surface area contributed by atoms with Crippen molar-refractivity contribution in [2.45, 2.75) is 57.1 Å². The Balaban J connectivity index is 2.24. The van der Waals surface area contributed by atoms with E-state index in [2.05, 4.69) is 23.4 Å². The SMILES string of the molecule is CCCNC(c1ccn(C)n1)C1(OC)CCCCC1. The van der Waals surface area contributed by atoms with Crippen molar-refractivity contribution in [1.82, 2.24) is 15.1 Å². The maximum absolute atomic E-state index is 5.99. The number of methoxy groups -OCH3 is 1. The van der Waals surface area contributed by atoms with E-state index in [1.807, 2.05) is 25.0 Å². The summed E-state index contributed by atoms with van der Waals surface area (Å²) in [5.41, 5.74) is 1.03. The third-order valence-corrected chi connectivity index (χ3v) is 4.26. The zero-order valence-corrected chi connectivity index (χ0v) is 12.5. The highest BCUT2D eigenvalue weighted by Crippen LogP contribution is 2.40. The highest BCUT2D eigenvalue weighted by Gasteiger charge is 2.41. The van der Waals surface area contributed by atoms with E-state index in [4.69, 9.17) is 4.74 Å². The van der Waals surface area contributed by atoms with Crippen LogP contribution in [-0.4, -0.2) is 29.0 Å². The Bertz CT molecular complexity index is 382. The van der Waals surface area contributed by atoms with Crippen LogP contribution in [0.2, 0.25) is 0 Å². The molecule has 0 bridgehead atoms. The minimum atomic E-state index is -0.0816. The molecule has 1 unspecified atom stereocenters. The highest BCUT2D eigenvalue weighted by atomic mass is 16.5. The van der Waals surface area contributed by atoms with Gasteiger partial charge in [0.2, 0.25) is 0 Å². The van der Waals surface area contributed by atoms with Crippen molar-refractivity contribution in [2.75, 3.05) is 13.7 Å². The van der Waals surface area contributed by atoms with Crippen molar-refractivity contribution < 1.29 is 4.74 Å². The first kappa shape index (κ1) is 14.5. The van der Waals surface area contributed by atoms with E-state index in [9.17, 15) is 0 Å². The fourth-order valence-corrected chi connectivity index (χ4v) is 3.20. The van der Waals surface area contributed by atoms with E-state index in [0.717, 1.165) is 31.5 Å². The Morgan fingerprint density at radius 3 is 2.68 bits per heavy atom. The van der Waals surface area contributed by atoms with Crippen LogP contribution in [0.15, 0.2) is 12.3 Å². The first-order valence-electron chi connectivity index (χ1n) is 7.50. The molecule has 1 heterocycles. The third-order valence-electron chi connectivity index (χ3n) is 4.26. The second kappa shape index (κ2) is 6.53. The zero-order chi connectivity index (χ0) is 13.7. The van der Waals surface area contributed by atoms with Gasteiger partial charge in [-0.25, -0.2) is 0 Å². The quantitative estimate of drug-likeness (QED) is 0.859. The van der Waals surface area contributed by atoms with Gasteiger partial charge < -0.3 is 10.1 Å². The number of aromatic nitrogens is 2. The molecule has 1 atom stereocenters. The molecule has 1 aliphatic carbocycles. The van der Waals surface area contributed by atoms with Crippen LogP contribution in [-0.2, 0) is 11.8 Å². The van der Waals surface area contributed by atoms with E-state index in [-0.39, 0.29) is 11.6 Å². The standard InChI is InChI=1S/C15H27N3O/c1-4-11-16-14(13-8-12-18(2)17-13)15(19-3)9-6-5-7-10-15/h8,12,14,16H,4-7,9-11H2,1-3H3. The van der Waals surface area contributed by atoms with Gasteiger partial charge in [0.05, 0.1) is 17.3 Å². The average molecular weight is 265 g/mol. The lowest BCUT2D eigenvalue weighted by Crippen LogP contribution is -2.47. The molecule has 0 radical (unpaired) electrons. The predicted molar refractivity (Wildman–Crippen MR) is 77.1 cm³/mol. The monoisotopic (exact) mass is 265 g/mol. The zero-order valence-electron chi connectivity index (χ0n) is 12.5. The first-order chi connectivity index (χ1) is 9.22. The summed E-state index contributed by atoms with van der Waals surface area (Å²) in [6.07, 6.45) is 9.23. The van der Waals surface area contributed by atoms with Crippen LogP contribution in [0.25, 0.3) is 0 Å². The summed E-state index contributed by atoms with van der Waals surface area (Å²) in [5.74, 6) is 0. The van der Waals surface area contributed by atoms with Gasteiger partial charge in [0.15, 0.2) is 0 Å². The molecule has 1 N–H and O–H groups in total. The number of rotatable bonds is 6. The van der Waals surface area contributed by atoms with Crippen LogP contribution < -0.4 is 5.32 Å². The highest BCUT2D eigenvalue weighted by molar-refractivity contribution is 5.13. The van der Waals surface area contributed by atoms with Gasteiger partial charge in [-0.05, 0) is 31.9 Å². The Kier molecular flexibility index (Phi) is 4.99. The van der Waals surface area contributed by atoms with Crippen molar-refractivity contribution in [1.29, 1.82) is 0 Å². The molecule has 108 valence electrons. The van der Waals surface area contributed by atoms with Crippen LogP contribution >= 0.6 is 0 Å². The first-order valence-corrected chi connectivity index (χ1v) is 7.50. The minimum absolute atomic E-state index is 0.0816. The molecule has 19 heavy (non-hydrogen) atoms. The van der Waals surface area contributed by atoms with Gasteiger partial charge in [-0.15, -0.1) is 0 Å². The number of ether oxygens (including phenoxy) is 1. The van der Waals surface area contributed by atoms with Gasteiger partial charge in [0.25, 0.3) is 0 Å². The molecule has 0 amide bonds. The van der Waals surface area contributed by atoms with E-state index in [1.54, 1.807) is 0 Å². The van der Waals surface area contributed by atoms with Crippen molar-refractivity contribution in [3.8, 4) is 0 Å². The number of aryl methyl sites for hydroxylation is 1. The summed E-state index contributed by atoms with van der Waals surface area (Å²) < 4.78 is 7.87. The normalized spacial score (nSPS) is 20.4. The molecule has 1 aliphatic rings. The Hall–Kier alpha value is -0.870. The molecule has 0 aliphatic heterocycles. The molecule has 4 heteroatoms. The van der Waals surface area contributed by atoms with E-state index < -0.39 is 0 Å². The molecule has 0 spiro atoms. The van der Waals surface area contributed by atoms with Crippen molar-refractivity contribution in [3.63, 3.8) is 0 Å². The molecule has 1 aromatic heterocycles. The van der Waals surface area contributed by atoms with E-state index in [1.165, 1.54) is 19.3 Å². The predicted octanol–water partition coefficient (Wildman–Crippen LogP) is 2.81. The van der Waals surface area contributed by atoms with Gasteiger partial charge in [-0.1, -0.05) is 26.2 Å². The molecule has 0 saturated heterocycles. The lowest BCUT2D eigenvalue weighted by Gasteiger charge is -2.42. The molecular weight excluding hydrogens is 238 g/mol. The molecule has 1 aromatic rings. The second-order valence-corrected chi connectivity index (χ2v) is 5.63. The summed E-state index contributed by atoms with van der Waals surface area (Å²) >= 11 is 0. The van der Waals surface area contributed by atoms with Crippen molar-refractivity contribution in [2.24, 2.45) is 7.05 Å². The number of nitrogens with one attached hydrogen (secondary N) is 1. The molecule has 1 saturated carbocycles. The van der Waals surface area contributed by atoms with Gasteiger partial charge >= 0.3 is 0 Å². The maximum Gasteiger partial charge on any atom is 0.0888 e. The van der Waals surface area contributed by atoms with Crippen molar-refractivity contribution in [3.05, 3.63) is 18.0 Å². The topological polar surface area (TPSA) is 39.1 Å². The fraction of sp³-hybridized carbons (Fsp3) is 0.800. The number of nitrogens with zero attached hydrogens (tertiary/aromatic N) is 2. The Morgan fingerprint density at radius 2 is 2.16 bits per heavy atom. The summed E-state index contributed by atoms with van der Waals surface area (Å²) in [6.45, 7) is 3.20. The van der Waals surface area contributed by atoms with Crippen LogP contribution in [0.3, 0.4) is 0 Å². The summed E-state index contributed by atoms with van der Waals surface area (Å²) in [7, 11) is 3.83. The molecule has 0 aromatic carbocycles. The lowest BCUT2D eigenvalue weighted by atomic mass is 9.78. The van der Waals surface area contributed by atoms with Crippen LogP contribution in [0, 0.1) is 0 Å². The molecule has 4 nitrogen and oxygen atoms in total. The second-order valence-electron chi connectivity index (χ2n) is 5.63. The number of hydrogen-bond donors (Lipinski definition) is 1. The summed E-state index contributed by atoms with van der Waals surface area (Å²) in [4.78, 5) is 0. The smallest absolute Gasteiger partial charge is 0.0888 e. The van der Waals surface area contributed by atoms with E-state index >= 15 is 0 Å². The van der Waals surface area contributed by atoms with Gasteiger partial charge in [-0.2, -0.15) is 5.10 Å². The van der Waals surface area contributed by atoms with Crippen LogP contribution in [0.4, 0.5) is 0 Å². The minimum Gasteiger partial charge on any atom is -0.376 e. The average Bonchev–Trinajstić information content (AvgIpc) is 2.86. The lowest BCUT2D eigenvalue weighted by molar-refractivity contribution is -0.0697. The van der Waals surface area contributed by atoms with Crippen molar-refractivity contribution >= 4 is 0 Å². The molecule has 2 rings (SSSR count). The maximum atomic E-state index is 5.99. The Labute approximate surface area is 116 Å². The Morgan fingerprint density at radius 1 is 1.42 bits per heavy atom. The molecular formula is C15H27N3O. The van der Waals surface area contributed by atoms with Gasteiger partial charge in [0, 0.05) is 20.4 Å². The number of hydrogen-bond acceptors (Lipinski definition) is 3. The third kappa shape index (κ3) is 3.18. The van der Waals surface area contributed by atoms with Gasteiger partial charge in [-0.3, -0.25) is 4.68 Å². The molecule has 1 fully saturated rings. The fourth-order valence-electron chi connectivity index (χ4n) is 3.20. The van der Waals surface area contributed by atoms with Crippen LogP contribution in [0.1, 0.15) is 57.2 Å². The largest absolute Gasteiger partial charge is 0.376 e. The van der Waals surface area contributed by atoms with Crippen LogP contribution in [0.5, 0.6) is 0 Å².